The van der Waals surface area contributed by atoms with Gasteiger partial charge in [-0.05, 0) is 55.0 Å². The van der Waals surface area contributed by atoms with E-state index in [1.165, 1.54) is 44.6 Å². The lowest BCUT2D eigenvalue weighted by atomic mass is 10.1. The van der Waals surface area contributed by atoms with Gasteiger partial charge in [-0.25, -0.2) is 12.8 Å². The summed E-state index contributed by atoms with van der Waals surface area (Å²) in [7, 11) is -1.31. The molecule has 0 saturated heterocycles. The lowest BCUT2D eigenvalue weighted by Crippen LogP contribution is -2.23. The van der Waals surface area contributed by atoms with Gasteiger partial charge in [-0.15, -0.1) is 0 Å². The molecule has 9 heteroatoms. The van der Waals surface area contributed by atoms with Gasteiger partial charge in [0.25, 0.3) is 15.9 Å². The summed E-state index contributed by atoms with van der Waals surface area (Å²) < 4.78 is 52.3. The lowest BCUT2D eigenvalue weighted by molar-refractivity contribution is 0.0950. The first-order valence-electron chi connectivity index (χ1n) is 9.61. The van der Waals surface area contributed by atoms with Gasteiger partial charge in [-0.2, -0.15) is 0 Å². The molecule has 32 heavy (non-hydrogen) atoms. The van der Waals surface area contributed by atoms with Crippen molar-refractivity contribution < 1.29 is 27.1 Å². The molecule has 0 heterocycles. The minimum Gasteiger partial charge on any atom is -0.495 e. The third-order valence-corrected chi connectivity index (χ3v) is 6.09. The van der Waals surface area contributed by atoms with Gasteiger partial charge < -0.3 is 14.8 Å². The fraction of sp³-hybridized carbons (Fsp3) is 0.174. The van der Waals surface area contributed by atoms with Gasteiger partial charge in [0.05, 0.1) is 14.2 Å². The first kappa shape index (κ1) is 23.1. The van der Waals surface area contributed by atoms with Crippen LogP contribution in [0.3, 0.4) is 0 Å². The van der Waals surface area contributed by atoms with Gasteiger partial charge in [0.1, 0.15) is 10.6 Å². The first-order chi connectivity index (χ1) is 15.2. The highest BCUT2D eigenvalue weighted by atomic mass is 32.2. The minimum atomic E-state index is -4.02. The summed E-state index contributed by atoms with van der Waals surface area (Å²) in [5.41, 5.74) is 2.01. The van der Waals surface area contributed by atoms with Gasteiger partial charge in [-0.1, -0.05) is 23.8 Å². The monoisotopic (exact) mass is 458 g/mol. The zero-order chi connectivity index (χ0) is 23.3. The van der Waals surface area contributed by atoms with E-state index in [2.05, 4.69) is 10.0 Å². The smallest absolute Gasteiger partial charge is 0.265 e. The molecular weight excluding hydrogens is 435 g/mol. The van der Waals surface area contributed by atoms with Crippen molar-refractivity contribution in [1.29, 1.82) is 0 Å². The molecule has 1 amide bonds. The number of carbonyl (C=O) groups is 1. The molecule has 0 aliphatic carbocycles. The maximum absolute atomic E-state index is 13.8. The third-order valence-electron chi connectivity index (χ3n) is 4.69. The van der Waals surface area contributed by atoms with E-state index < -0.39 is 21.7 Å². The topological polar surface area (TPSA) is 93.7 Å². The van der Waals surface area contributed by atoms with E-state index in [0.29, 0.717) is 11.3 Å². The van der Waals surface area contributed by atoms with Crippen LogP contribution in [0.2, 0.25) is 0 Å². The van der Waals surface area contributed by atoms with Crippen molar-refractivity contribution >= 4 is 21.6 Å². The number of rotatable bonds is 8. The number of hydrogen-bond acceptors (Lipinski definition) is 5. The van der Waals surface area contributed by atoms with Crippen molar-refractivity contribution in [3.63, 3.8) is 0 Å². The molecule has 0 fully saturated rings. The van der Waals surface area contributed by atoms with Crippen LogP contribution in [0, 0.1) is 12.7 Å². The zero-order valence-corrected chi connectivity index (χ0v) is 18.6. The Morgan fingerprint density at radius 1 is 0.938 bits per heavy atom. The highest BCUT2D eigenvalue weighted by Gasteiger charge is 2.22. The zero-order valence-electron chi connectivity index (χ0n) is 17.8. The highest BCUT2D eigenvalue weighted by Crippen LogP contribution is 2.27. The number of benzene rings is 3. The second-order valence-corrected chi connectivity index (χ2v) is 8.64. The van der Waals surface area contributed by atoms with E-state index in [9.17, 15) is 17.6 Å². The van der Waals surface area contributed by atoms with Crippen molar-refractivity contribution in [2.24, 2.45) is 0 Å². The molecule has 0 aliphatic heterocycles. The summed E-state index contributed by atoms with van der Waals surface area (Å²) in [6, 6.07) is 15.3. The maximum atomic E-state index is 13.8. The summed E-state index contributed by atoms with van der Waals surface area (Å²) in [6.07, 6.45) is 0. The van der Waals surface area contributed by atoms with E-state index in [1.807, 2.05) is 6.92 Å². The number of ether oxygens (including phenoxy) is 2. The molecule has 0 bridgehead atoms. The molecule has 0 aliphatic rings. The van der Waals surface area contributed by atoms with E-state index in [0.717, 1.165) is 5.56 Å². The number of carbonyl (C=O) groups excluding carboxylic acids is 1. The molecule has 0 unspecified atom stereocenters. The van der Waals surface area contributed by atoms with Crippen molar-refractivity contribution in [3.8, 4) is 11.5 Å². The number of hydrogen-bond donors (Lipinski definition) is 2. The van der Waals surface area contributed by atoms with Crippen LogP contribution in [0.4, 0.5) is 10.1 Å². The van der Waals surface area contributed by atoms with Gasteiger partial charge >= 0.3 is 0 Å². The molecule has 0 atom stereocenters. The molecule has 0 spiro atoms. The number of sulfonamides is 1. The van der Waals surface area contributed by atoms with Crippen LogP contribution in [0.25, 0.3) is 0 Å². The number of aryl methyl sites for hydroxylation is 1. The van der Waals surface area contributed by atoms with Crippen LogP contribution in [0.1, 0.15) is 21.5 Å². The Balaban J connectivity index is 1.80. The molecule has 0 aromatic heterocycles. The van der Waals surface area contributed by atoms with Crippen LogP contribution in [0.5, 0.6) is 11.5 Å². The minimum absolute atomic E-state index is 0.0511. The predicted octanol–water partition coefficient (Wildman–Crippen LogP) is 3.88. The van der Waals surface area contributed by atoms with Crippen molar-refractivity contribution in [3.05, 3.63) is 83.2 Å². The Hall–Kier alpha value is -3.59. The van der Waals surface area contributed by atoms with Gasteiger partial charge in [0.15, 0.2) is 11.6 Å². The van der Waals surface area contributed by atoms with Crippen LogP contribution < -0.4 is 19.5 Å². The molecular formula is C23H23FN2O5S. The number of amides is 1. The van der Waals surface area contributed by atoms with E-state index in [4.69, 9.17) is 9.47 Å². The van der Waals surface area contributed by atoms with Gasteiger partial charge in [0, 0.05) is 17.8 Å². The van der Waals surface area contributed by atoms with Gasteiger partial charge in [0.2, 0.25) is 0 Å². The Labute approximate surface area is 186 Å². The maximum Gasteiger partial charge on any atom is 0.265 e. The largest absolute Gasteiger partial charge is 0.495 e. The van der Waals surface area contributed by atoms with Crippen molar-refractivity contribution in [2.75, 3.05) is 18.9 Å². The summed E-state index contributed by atoms with van der Waals surface area (Å²) in [6.45, 7) is 1.94. The standard InChI is InChI=1S/C23H23FN2O5S/c1-15-4-8-18(9-5-15)26-32(28,29)22-13-17(7-11-21(22)31-3)23(27)25-14-16-6-10-20(30-2)19(24)12-16/h4-13,26H,14H2,1-3H3,(H,25,27). The summed E-state index contributed by atoms with van der Waals surface area (Å²) in [5.74, 6) is -0.862. The number of nitrogens with one attached hydrogen (secondary N) is 2. The van der Waals surface area contributed by atoms with Crippen LogP contribution in [-0.4, -0.2) is 28.5 Å². The molecule has 2 N–H and O–H groups in total. The SMILES string of the molecule is COc1ccc(CNC(=O)c2ccc(OC)c(S(=O)(=O)Nc3ccc(C)cc3)c2)cc1F. The summed E-state index contributed by atoms with van der Waals surface area (Å²) in [4.78, 5) is 12.4. The Kier molecular flexibility index (Phi) is 6.99. The predicted molar refractivity (Wildman–Crippen MR) is 119 cm³/mol. The quantitative estimate of drug-likeness (QED) is 0.534. The fourth-order valence-electron chi connectivity index (χ4n) is 2.96. The average Bonchev–Trinajstić information content (AvgIpc) is 2.78. The van der Waals surface area contributed by atoms with E-state index in [-0.39, 0.29) is 28.5 Å². The Bertz CT molecular complexity index is 1230. The number of methoxy groups -OCH3 is 2. The molecule has 0 radical (unpaired) electrons. The summed E-state index contributed by atoms with van der Waals surface area (Å²) in [5, 5.41) is 2.65. The second-order valence-electron chi connectivity index (χ2n) is 6.99. The second kappa shape index (κ2) is 9.69. The average molecular weight is 459 g/mol. The molecule has 3 rings (SSSR count). The van der Waals surface area contributed by atoms with Gasteiger partial charge in [-0.3, -0.25) is 9.52 Å². The Morgan fingerprint density at radius 3 is 2.22 bits per heavy atom. The first-order valence-corrected chi connectivity index (χ1v) is 11.1. The van der Waals surface area contributed by atoms with Crippen molar-refractivity contribution in [1.82, 2.24) is 5.32 Å². The van der Waals surface area contributed by atoms with Crippen LogP contribution in [-0.2, 0) is 16.6 Å². The lowest BCUT2D eigenvalue weighted by Gasteiger charge is -2.13. The van der Waals surface area contributed by atoms with E-state index >= 15 is 0 Å². The molecule has 168 valence electrons. The Morgan fingerprint density at radius 2 is 1.59 bits per heavy atom. The van der Waals surface area contributed by atoms with Crippen LogP contribution >= 0.6 is 0 Å². The molecule has 3 aromatic carbocycles. The highest BCUT2D eigenvalue weighted by molar-refractivity contribution is 7.92. The third kappa shape index (κ3) is 5.36. The number of anilines is 1. The molecule has 3 aromatic rings. The van der Waals surface area contributed by atoms with Crippen molar-refractivity contribution in [2.45, 2.75) is 18.4 Å². The molecule has 7 nitrogen and oxygen atoms in total. The van der Waals surface area contributed by atoms with E-state index in [1.54, 1.807) is 30.3 Å². The van der Waals surface area contributed by atoms with Crippen LogP contribution in [0.15, 0.2) is 65.6 Å². The normalized spacial score (nSPS) is 11.0. The number of halogens is 1. The fourth-order valence-corrected chi connectivity index (χ4v) is 4.22. The summed E-state index contributed by atoms with van der Waals surface area (Å²) >= 11 is 0. The molecule has 0 saturated carbocycles.